The molecule has 0 amide bonds. The Hall–Kier alpha value is -1.36. The number of aryl methyl sites for hydroxylation is 1. The van der Waals surface area contributed by atoms with Gasteiger partial charge in [-0.25, -0.2) is 0 Å². The van der Waals surface area contributed by atoms with Gasteiger partial charge in [-0.05, 0) is 25.5 Å². The topological polar surface area (TPSA) is 56.8 Å². The highest BCUT2D eigenvalue weighted by molar-refractivity contribution is 5.82. The van der Waals surface area contributed by atoms with E-state index in [0.29, 0.717) is 6.54 Å². The van der Waals surface area contributed by atoms with Gasteiger partial charge in [0.05, 0.1) is 12.7 Å². The maximum absolute atomic E-state index is 10.7. The van der Waals surface area contributed by atoms with Gasteiger partial charge in [-0.2, -0.15) is 0 Å². The van der Waals surface area contributed by atoms with Crippen molar-refractivity contribution < 1.29 is 14.6 Å². The predicted molar refractivity (Wildman–Crippen MR) is 95.9 cm³/mol. The monoisotopic (exact) mass is 331 g/mol. The van der Waals surface area contributed by atoms with Crippen molar-refractivity contribution in [2.24, 2.45) is 5.41 Å². The number of para-hydroxylation sites is 1. The van der Waals surface area contributed by atoms with Gasteiger partial charge in [0.1, 0.15) is 11.3 Å². The van der Waals surface area contributed by atoms with Crippen molar-refractivity contribution in [3.05, 3.63) is 35.6 Å². The van der Waals surface area contributed by atoms with Crippen LogP contribution in [0.15, 0.2) is 28.7 Å². The molecule has 1 aromatic heterocycles. The van der Waals surface area contributed by atoms with E-state index in [1.54, 1.807) is 0 Å². The summed E-state index contributed by atoms with van der Waals surface area (Å²) in [6, 6.07) is 8.17. The number of rotatable bonds is 6. The van der Waals surface area contributed by atoms with Gasteiger partial charge in [-0.15, -0.1) is 0 Å². The Kier molecular flexibility index (Phi) is 5.28. The SMILES string of the molecule is CCC[C@]1(CO)CCN(Cc2c(CC)oc3ccccc23)C[C@H]1O. The number of nitrogens with zero attached hydrogens (tertiary/aromatic N) is 1. The van der Waals surface area contributed by atoms with E-state index in [4.69, 9.17) is 4.42 Å². The van der Waals surface area contributed by atoms with E-state index in [1.165, 1.54) is 10.9 Å². The normalized spacial score (nSPS) is 25.4. The fourth-order valence-corrected chi connectivity index (χ4v) is 4.11. The Morgan fingerprint density at radius 3 is 2.75 bits per heavy atom. The summed E-state index contributed by atoms with van der Waals surface area (Å²) in [7, 11) is 0. The summed E-state index contributed by atoms with van der Waals surface area (Å²) in [5, 5.41) is 21.7. The zero-order valence-electron chi connectivity index (χ0n) is 14.8. The first-order valence-electron chi connectivity index (χ1n) is 9.14. The summed E-state index contributed by atoms with van der Waals surface area (Å²) < 4.78 is 5.99. The fraction of sp³-hybridized carbons (Fsp3) is 0.600. The van der Waals surface area contributed by atoms with Gasteiger partial charge < -0.3 is 14.6 Å². The second kappa shape index (κ2) is 7.26. The number of hydrogen-bond acceptors (Lipinski definition) is 4. The standard InChI is InChI=1S/C20H29NO3/c1-3-9-20(14-22)10-11-21(13-19(20)23)12-16-15-7-5-6-8-18(15)24-17(16)4-2/h5-8,19,22-23H,3-4,9-14H2,1-2H3/t19-,20-/m1/s1. The van der Waals surface area contributed by atoms with Crippen LogP contribution in [0.4, 0.5) is 0 Å². The van der Waals surface area contributed by atoms with Crippen LogP contribution in [-0.2, 0) is 13.0 Å². The Labute approximate surface area is 144 Å². The van der Waals surface area contributed by atoms with Gasteiger partial charge in [-0.1, -0.05) is 38.5 Å². The van der Waals surface area contributed by atoms with Crippen molar-refractivity contribution in [2.45, 2.75) is 52.2 Å². The molecule has 2 heterocycles. The molecule has 0 radical (unpaired) electrons. The second-order valence-corrected chi connectivity index (χ2v) is 7.12. The molecule has 1 fully saturated rings. The molecule has 2 atom stereocenters. The summed E-state index contributed by atoms with van der Waals surface area (Å²) in [6.45, 7) is 6.62. The maximum Gasteiger partial charge on any atom is 0.134 e. The summed E-state index contributed by atoms with van der Waals surface area (Å²) in [4.78, 5) is 2.30. The van der Waals surface area contributed by atoms with E-state index in [2.05, 4.69) is 24.8 Å². The minimum atomic E-state index is -0.473. The van der Waals surface area contributed by atoms with E-state index in [0.717, 1.165) is 50.1 Å². The molecule has 1 aliphatic rings. The number of benzene rings is 1. The average Bonchev–Trinajstić information content (AvgIpc) is 2.95. The van der Waals surface area contributed by atoms with E-state index in [-0.39, 0.29) is 12.0 Å². The number of β-amino-alcohol motifs (C(OH)–C–C–N with tert-alkyl or cyclic N) is 1. The van der Waals surface area contributed by atoms with Gasteiger partial charge in [0.25, 0.3) is 0 Å². The van der Waals surface area contributed by atoms with Crippen molar-refractivity contribution in [3.8, 4) is 0 Å². The van der Waals surface area contributed by atoms with Gasteiger partial charge >= 0.3 is 0 Å². The first kappa shape index (κ1) is 17.5. The third-order valence-electron chi connectivity index (χ3n) is 5.61. The number of hydrogen-bond donors (Lipinski definition) is 2. The highest BCUT2D eigenvalue weighted by Gasteiger charge is 2.41. The minimum Gasteiger partial charge on any atom is -0.461 e. The number of furan rings is 1. The summed E-state index contributed by atoms with van der Waals surface area (Å²) in [5.74, 6) is 1.04. The molecule has 1 aromatic carbocycles. The van der Waals surface area contributed by atoms with Crippen LogP contribution in [0.1, 0.15) is 44.4 Å². The van der Waals surface area contributed by atoms with Crippen molar-refractivity contribution >= 4 is 11.0 Å². The van der Waals surface area contributed by atoms with Crippen LogP contribution >= 0.6 is 0 Å². The van der Waals surface area contributed by atoms with Crippen LogP contribution in [0.3, 0.4) is 0 Å². The zero-order valence-corrected chi connectivity index (χ0v) is 14.8. The lowest BCUT2D eigenvalue weighted by molar-refractivity contribution is -0.0802. The Bertz CT molecular complexity index is 681. The van der Waals surface area contributed by atoms with Gasteiger partial charge in [0.15, 0.2) is 0 Å². The Balaban J connectivity index is 1.79. The van der Waals surface area contributed by atoms with Gasteiger partial charge in [0, 0.05) is 35.9 Å². The molecule has 132 valence electrons. The molecule has 0 saturated carbocycles. The summed E-state index contributed by atoms with van der Waals surface area (Å²) in [5.41, 5.74) is 1.86. The molecule has 0 spiro atoms. The Morgan fingerprint density at radius 1 is 1.29 bits per heavy atom. The quantitative estimate of drug-likeness (QED) is 0.852. The molecule has 0 aliphatic carbocycles. The molecule has 4 heteroatoms. The zero-order chi connectivity index (χ0) is 17.2. The average molecular weight is 331 g/mol. The number of aliphatic hydroxyl groups excluding tert-OH is 2. The van der Waals surface area contributed by atoms with Crippen LogP contribution in [-0.4, -0.2) is 40.9 Å². The van der Waals surface area contributed by atoms with Crippen LogP contribution in [0.25, 0.3) is 11.0 Å². The first-order valence-corrected chi connectivity index (χ1v) is 9.14. The number of piperidine rings is 1. The molecule has 0 bridgehead atoms. The first-order chi connectivity index (χ1) is 11.6. The molecule has 0 unspecified atom stereocenters. The number of aliphatic hydroxyl groups is 2. The molecule has 24 heavy (non-hydrogen) atoms. The molecule has 2 N–H and O–H groups in total. The van der Waals surface area contributed by atoms with E-state index in [1.807, 2.05) is 18.2 Å². The van der Waals surface area contributed by atoms with Crippen LogP contribution in [0.2, 0.25) is 0 Å². The lowest BCUT2D eigenvalue weighted by Gasteiger charge is -2.44. The molecule has 2 aromatic rings. The van der Waals surface area contributed by atoms with Crippen molar-refractivity contribution in [3.63, 3.8) is 0 Å². The predicted octanol–water partition coefficient (Wildman–Crippen LogP) is 3.34. The van der Waals surface area contributed by atoms with Crippen LogP contribution < -0.4 is 0 Å². The number of likely N-dealkylation sites (tertiary alicyclic amines) is 1. The molecule has 3 rings (SSSR count). The van der Waals surface area contributed by atoms with E-state index in [9.17, 15) is 10.2 Å². The van der Waals surface area contributed by atoms with Crippen molar-refractivity contribution in [1.82, 2.24) is 4.90 Å². The largest absolute Gasteiger partial charge is 0.461 e. The van der Waals surface area contributed by atoms with Crippen LogP contribution in [0.5, 0.6) is 0 Å². The lowest BCUT2D eigenvalue weighted by atomic mass is 9.73. The van der Waals surface area contributed by atoms with E-state index >= 15 is 0 Å². The minimum absolute atomic E-state index is 0.0741. The smallest absolute Gasteiger partial charge is 0.134 e. The number of fused-ring (bicyclic) bond motifs is 1. The van der Waals surface area contributed by atoms with Crippen LogP contribution in [0, 0.1) is 5.41 Å². The molecular formula is C20H29NO3. The molecular weight excluding hydrogens is 302 g/mol. The van der Waals surface area contributed by atoms with Gasteiger partial charge in [0.2, 0.25) is 0 Å². The lowest BCUT2D eigenvalue weighted by Crippen LogP contribution is -2.52. The summed E-state index contributed by atoms with van der Waals surface area (Å²) >= 11 is 0. The van der Waals surface area contributed by atoms with E-state index < -0.39 is 6.10 Å². The maximum atomic E-state index is 10.7. The molecule has 4 nitrogen and oxygen atoms in total. The van der Waals surface area contributed by atoms with Crippen molar-refractivity contribution in [2.75, 3.05) is 19.7 Å². The van der Waals surface area contributed by atoms with Crippen molar-refractivity contribution in [1.29, 1.82) is 0 Å². The molecule has 1 aliphatic heterocycles. The highest BCUT2D eigenvalue weighted by atomic mass is 16.3. The van der Waals surface area contributed by atoms with Gasteiger partial charge in [-0.3, -0.25) is 4.90 Å². The fourth-order valence-electron chi connectivity index (χ4n) is 4.11. The third-order valence-corrected chi connectivity index (χ3v) is 5.61. The Morgan fingerprint density at radius 2 is 2.08 bits per heavy atom. The summed E-state index contributed by atoms with van der Waals surface area (Å²) in [6.07, 6.45) is 3.11. The molecule has 1 saturated heterocycles. The third kappa shape index (κ3) is 3.10. The second-order valence-electron chi connectivity index (χ2n) is 7.12. The highest BCUT2D eigenvalue weighted by Crippen LogP contribution is 2.37.